The summed E-state index contributed by atoms with van der Waals surface area (Å²) in [4.78, 5) is 9.24. The lowest BCUT2D eigenvalue weighted by Crippen LogP contribution is -2.31. The number of halogens is 2. The maximum absolute atomic E-state index is 12.4. The number of imidazole rings is 1. The van der Waals surface area contributed by atoms with Gasteiger partial charge >= 0.3 is 0 Å². The van der Waals surface area contributed by atoms with Crippen LogP contribution in [0, 0.1) is 0 Å². The van der Waals surface area contributed by atoms with E-state index >= 15 is 0 Å². The molecular weight excluding hydrogens is 543 g/mol. The number of aromatic nitrogens is 3. The van der Waals surface area contributed by atoms with Gasteiger partial charge in [0.1, 0.15) is 5.76 Å². The van der Waals surface area contributed by atoms with Gasteiger partial charge in [-0.3, -0.25) is 4.98 Å². The van der Waals surface area contributed by atoms with Gasteiger partial charge in [-0.15, -0.1) is 0 Å². The average molecular weight is 569 g/mol. The second-order valence-corrected chi connectivity index (χ2v) is 10.6. The molecule has 0 radical (unpaired) electrons. The van der Waals surface area contributed by atoms with Crippen LogP contribution in [0.5, 0.6) is 0 Å². The average Bonchev–Trinajstić information content (AvgIpc) is 3.64. The summed E-state index contributed by atoms with van der Waals surface area (Å²) >= 11 is 12.6. The monoisotopic (exact) mass is 568 g/mol. The fourth-order valence-corrected chi connectivity index (χ4v) is 5.39. The van der Waals surface area contributed by atoms with Gasteiger partial charge in [0.25, 0.3) is 0 Å². The van der Waals surface area contributed by atoms with Crippen LogP contribution in [0.15, 0.2) is 108 Å². The first-order valence-electron chi connectivity index (χ1n) is 12.8. The molecule has 0 aliphatic heterocycles. The van der Waals surface area contributed by atoms with Crippen LogP contribution in [-0.2, 0) is 25.7 Å². The van der Waals surface area contributed by atoms with Crippen LogP contribution in [0.1, 0.15) is 28.3 Å². The normalized spacial score (nSPS) is 13.0. The zero-order chi connectivity index (χ0) is 27.7. The number of hydrogen-bond acceptors (Lipinski definition) is 5. The van der Waals surface area contributed by atoms with Crippen LogP contribution in [0.4, 0.5) is 0 Å². The van der Waals surface area contributed by atoms with Gasteiger partial charge in [-0.1, -0.05) is 53.5 Å². The molecule has 3 aromatic carbocycles. The standard InChI is InChI=1S/C32H26Cl2N4O2/c1-38-20-36-19-31(38)32(39,22-7-10-24(33)11-8-22)23-9-12-30-29(15-23)28(21-4-2-5-25(34)14-21)16-26(37-30)17-35-18-27-6-3-13-40-27/h2-16,19-20,35,39H,17-18H2,1H3. The summed E-state index contributed by atoms with van der Waals surface area (Å²) in [6.07, 6.45) is 5.03. The molecule has 1 unspecified atom stereocenters. The highest BCUT2D eigenvalue weighted by Gasteiger charge is 2.37. The van der Waals surface area contributed by atoms with E-state index in [9.17, 15) is 5.11 Å². The Balaban J connectivity index is 1.50. The van der Waals surface area contributed by atoms with Gasteiger partial charge in [0, 0.05) is 29.0 Å². The summed E-state index contributed by atoms with van der Waals surface area (Å²) in [5.41, 5.74) is 4.10. The molecule has 6 aromatic rings. The number of nitrogens with zero attached hydrogens (tertiary/aromatic N) is 3. The summed E-state index contributed by atoms with van der Waals surface area (Å²) in [5, 5.41) is 18.0. The van der Waals surface area contributed by atoms with Crippen molar-refractivity contribution in [2.75, 3.05) is 0 Å². The second-order valence-electron chi connectivity index (χ2n) is 9.69. The van der Waals surface area contributed by atoms with Crippen molar-refractivity contribution >= 4 is 34.1 Å². The number of furan rings is 1. The van der Waals surface area contributed by atoms with E-state index < -0.39 is 5.60 Å². The highest BCUT2D eigenvalue weighted by Crippen LogP contribution is 2.40. The topological polar surface area (TPSA) is 76.1 Å². The molecule has 2 N–H and O–H groups in total. The quantitative estimate of drug-likeness (QED) is 0.204. The van der Waals surface area contributed by atoms with Gasteiger partial charge in [-0.05, 0) is 76.9 Å². The number of hydrogen-bond donors (Lipinski definition) is 2. The minimum atomic E-state index is -1.49. The van der Waals surface area contributed by atoms with Gasteiger partial charge in [0.05, 0.1) is 42.2 Å². The van der Waals surface area contributed by atoms with Gasteiger partial charge in [-0.25, -0.2) is 4.98 Å². The fraction of sp³-hybridized carbons (Fsp3) is 0.125. The molecule has 0 saturated carbocycles. The molecule has 200 valence electrons. The molecule has 40 heavy (non-hydrogen) atoms. The number of fused-ring (bicyclic) bond motifs is 1. The van der Waals surface area contributed by atoms with Gasteiger partial charge in [-0.2, -0.15) is 0 Å². The Kier molecular flexibility index (Phi) is 7.17. The molecular formula is C32H26Cl2N4O2. The zero-order valence-electron chi connectivity index (χ0n) is 21.7. The zero-order valence-corrected chi connectivity index (χ0v) is 23.2. The van der Waals surface area contributed by atoms with E-state index in [1.165, 1.54) is 0 Å². The molecule has 3 aromatic heterocycles. The van der Waals surface area contributed by atoms with Crippen molar-refractivity contribution < 1.29 is 9.52 Å². The van der Waals surface area contributed by atoms with Gasteiger partial charge in [0.15, 0.2) is 5.60 Å². The van der Waals surface area contributed by atoms with Crippen molar-refractivity contribution in [3.05, 3.63) is 142 Å². The minimum Gasteiger partial charge on any atom is -0.468 e. The van der Waals surface area contributed by atoms with E-state index in [1.54, 1.807) is 30.9 Å². The molecule has 0 bridgehead atoms. The molecule has 0 aliphatic rings. The highest BCUT2D eigenvalue weighted by molar-refractivity contribution is 6.31. The summed E-state index contributed by atoms with van der Waals surface area (Å²) in [5.74, 6) is 0.858. The molecule has 0 amide bonds. The number of pyridine rings is 1. The number of benzene rings is 3. The van der Waals surface area contributed by atoms with Crippen molar-refractivity contribution in [3.63, 3.8) is 0 Å². The van der Waals surface area contributed by atoms with Crippen molar-refractivity contribution in [2.45, 2.75) is 18.7 Å². The van der Waals surface area contributed by atoms with Gasteiger partial charge in [0.2, 0.25) is 0 Å². The molecule has 1 atom stereocenters. The summed E-state index contributed by atoms with van der Waals surface area (Å²) in [7, 11) is 1.87. The molecule has 8 heteroatoms. The van der Waals surface area contributed by atoms with Gasteiger partial charge < -0.3 is 19.4 Å². The predicted octanol–water partition coefficient (Wildman–Crippen LogP) is 7.11. The Morgan fingerprint density at radius 3 is 2.45 bits per heavy atom. The number of nitrogens with one attached hydrogen (secondary N) is 1. The SMILES string of the molecule is Cn1cncc1C(O)(c1ccc(Cl)cc1)c1ccc2nc(CNCc3ccco3)cc(-c3cccc(Cl)c3)c2c1. The Morgan fingerprint density at radius 1 is 0.900 bits per heavy atom. The lowest BCUT2D eigenvalue weighted by molar-refractivity contribution is 0.117. The van der Waals surface area contributed by atoms with Crippen molar-refractivity contribution in [2.24, 2.45) is 7.05 Å². The van der Waals surface area contributed by atoms with E-state index in [4.69, 9.17) is 32.6 Å². The predicted molar refractivity (Wildman–Crippen MR) is 158 cm³/mol. The largest absolute Gasteiger partial charge is 0.468 e. The van der Waals surface area contributed by atoms with E-state index in [1.807, 2.05) is 78.3 Å². The molecule has 0 aliphatic carbocycles. The molecule has 0 saturated heterocycles. The van der Waals surface area contributed by atoms with E-state index in [-0.39, 0.29) is 0 Å². The van der Waals surface area contributed by atoms with Crippen LogP contribution in [-0.4, -0.2) is 19.6 Å². The number of rotatable bonds is 8. The first kappa shape index (κ1) is 26.3. The Bertz CT molecular complexity index is 1780. The molecule has 6 rings (SSSR count). The Hall–Kier alpha value is -3.94. The van der Waals surface area contributed by atoms with Crippen LogP contribution in [0.2, 0.25) is 10.0 Å². The van der Waals surface area contributed by atoms with E-state index in [2.05, 4.69) is 16.4 Å². The second kappa shape index (κ2) is 10.9. The fourth-order valence-electron chi connectivity index (χ4n) is 5.08. The third-order valence-corrected chi connectivity index (χ3v) is 7.54. The lowest BCUT2D eigenvalue weighted by atomic mass is 9.82. The van der Waals surface area contributed by atoms with E-state index in [0.29, 0.717) is 40.0 Å². The first-order chi connectivity index (χ1) is 19.4. The van der Waals surface area contributed by atoms with Crippen molar-refractivity contribution in [1.82, 2.24) is 19.9 Å². The minimum absolute atomic E-state index is 0.551. The number of aryl methyl sites for hydroxylation is 1. The molecule has 0 fully saturated rings. The molecule has 6 nitrogen and oxygen atoms in total. The summed E-state index contributed by atoms with van der Waals surface area (Å²) in [6.45, 7) is 1.15. The molecule has 3 heterocycles. The van der Waals surface area contributed by atoms with Crippen LogP contribution in [0.25, 0.3) is 22.0 Å². The number of aliphatic hydroxyl groups is 1. The summed E-state index contributed by atoms with van der Waals surface area (Å²) < 4.78 is 7.26. The summed E-state index contributed by atoms with van der Waals surface area (Å²) in [6, 6.07) is 26.7. The maximum atomic E-state index is 12.4. The smallest absolute Gasteiger partial charge is 0.156 e. The van der Waals surface area contributed by atoms with Crippen molar-refractivity contribution in [3.8, 4) is 11.1 Å². The lowest BCUT2D eigenvalue weighted by Gasteiger charge is -2.30. The third kappa shape index (κ3) is 5.03. The first-order valence-corrected chi connectivity index (χ1v) is 13.6. The highest BCUT2D eigenvalue weighted by atomic mass is 35.5. The Morgan fingerprint density at radius 2 is 1.73 bits per heavy atom. The van der Waals surface area contributed by atoms with Crippen LogP contribution >= 0.6 is 23.2 Å². The van der Waals surface area contributed by atoms with Crippen LogP contribution < -0.4 is 5.32 Å². The van der Waals surface area contributed by atoms with Crippen molar-refractivity contribution in [1.29, 1.82) is 0 Å². The van der Waals surface area contributed by atoms with E-state index in [0.717, 1.165) is 33.5 Å². The Labute approximate surface area is 241 Å². The maximum Gasteiger partial charge on any atom is 0.156 e. The molecule has 0 spiro atoms. The third-order valence-electron chi connectivity index (χ3n) is 7.05. The van der Waals surface area contributed by atoms with Crippen LogP contribution in [0.3, 0.4) is 0 Å².